The van der Waals surface area contributed by atoms with E-state index in [1.807, 2.05) is 0 Å². The normalized spacial score (nSPS) is 13.8. The highest BCUT2D eigenvalue weighted by Crippen LogP contribution is 2.38. The molecule has 200 valence electrons. The standard InChI is InChI=1S/C23H19F5N6O4/c1-37-20-31-9-13(10-32-20)38-21(36)34-22(5-6-22)19(35)30-11-17-16(25)7-12(8-29-17)33-18-14(23(26,27)28)3-2-4-15(18)24/h2-4,7-10,33H,5-6,11H2,1H3,(H,30,35)(H,34,36). The second-order valence-electron chi connectivity index (χ2n) is 8.12. The summed E-state index contributed by atoms with van der Waals surface area (Å²) in [6, 6.07) is 3.30. The van der Waals surface area contributed by atoms with Gasteiger partial charge in [0.1, 0.15) is 17.2 Å². The van der Waals surface area contributed by atoms with Crippen LogP contribution >= 0.6 is 0 Å². The van der Waals surface area contributed by atoms with Crippen molar-refractivity contribution in [2.45, 2.75) is 31.1 Å². The molecule has 3 aromatic rings. The van der Waals surface area contributed by atoms with Gasteiger partial charge in [0.25, 0.3) is 0 Å². The summed E-state index contributed by atoms with van der Waals surface area (Å²) in [6.07, 6.45) is -1.77. The number of benzene rings is 1. The molecule has 2 heterocycles. The molecule has 0 spiro atoms. The highest BCUT2D eigenvalue weighted by atomic mass is 19.4. The van der Waals surface area contributed by atoms with Crippen LogP contribution in [-0.4, -0.2) is 39.6 Å². The first kappa shape index (κ1) is 26.5. The first-order valence-electron chi connectivity index (χ1n) is 10.9. The topological polar surface area (TPSA) is 127 Å². The number of methoxy groups -OCH3 is 1. The van der Waals surface area contributed by atoms with Gasteiger partial charge in [-0.2, -0.15) is 23.1 Å². The molecule has 0 atom stereocenters. The van der Waals surface area contributed by atoms with Crippen LogP contribution in [-0.2, 0) is 17.5 Å². The lowest BCUT2D eigenvalue weighted by molar-refractivity contribution is -0.137. The van der Waals surface area contributed by atoms with E-state index in [2.05, 4.69) is 30.9 Å². The van der Waals surface area contributed by atoms with E-state index < -0.39 is 46.6 Å². The third-order valence-electron chi connectivity index (χ3n) is 5.45. The maximum atomic E-state index is 14.6. The molecule has 1 aromatic carbocycles. The molecule has 3 N–H and O–H groups in total. The molecule has 1 aliphatic carbocycles. The Kier molecular flexibility index (Phi) is 7.28. The number of carbonyl (C=O) groups is 2. The van der Waals surface area contributed by atoms with Crippen molar-refractivity contribution in [2.75, 3.05) is 12.4 Å². The first-order valence-corrected chi connectivity index (χ1v) is 10.9. The molecule has 4 rings (SSSR count). The van der Waals surface area contributed by atoms with Gasteiger partial charge < -0.3 is 25.4 Å². The Labute approximate surface area is 211 Å². The lowest BCUT2D eigenvalue weighted by atomic mass is 10.1. The van der Waals surface area contributed by atoms with Crippen LogP contribution < -0.4 is 25.4 Å². The van der Waals surface area contributed by atoms with Gasteiger partial charge >= 0.3 is 18.3 Å². The van der Waals surface area contributed by atoms with Gasteiger partial charge in [-0.15, -0.1) is 0 Å². The molecule has 0 bridgehead atoms. The van der Waals surface area contributed by atoms with Gasteiger partial charge in [0.2, 0.25) is 5.91 Å². The first-order chi connectivity index (χ1) is 18.0. The van der Waals surface area contributed by atoms with E-state index in [4.69, 9.17) is 9.47 Å². The van der Waals surface area contributed by atoms with Gasteiger partial charge in [-0.3, -0.25) is 9.78 Å². The molecule has 0 radical (unpaired) electrons. The van der Waals surface area contributed by atoms with E-state index in [-0.39, 0.29) is 29.7 Å². The maximum absolute atomic E-state index is 14.6. The number of hydrogen-bond donors (Lipinski definition) is 3. The fourth-order valence-corrected chi connectivity index (χ4v) is 3.35. The van der Waals surface area contributed by atoms with Crippen LogP contribution in [0.3, 0.4) is 0 Å². The smallest absolute Gasteiger partial charge is 0.418 e. The summed E-state index contributed by atoms with van der Waals surface area (Å²) >= 11 is 0. The molecule has 0 aliphatic heterocycles. The van der Waals surface area contributed by atoms with Crippen molar-refractivity contribution in [3.63, 3.8) is 0 Å². The van der Waals surface area contributed by atoms with Gasteiger partial charge in [-0.05, 0) is 25.0 Å². The number of nitrogens with zero attached hydrogens (tertiary/aromatic N) is 3. The van der Waals surface area contributed by atoms with E-state index in [0.29, 0.717) is 18.9 Å². The van der Waals surface area contributed by atoms with Crippen LogP contribution in [0.15, 0.2) is 42.9 Å². The number of alkyl halides is 3. The lowest BCUT2D eigenvalue weighted by Gasteiger charge is -2.17. The van der Waals surface area contributed by atoms with Crippen molar-refractivity contribution < 1.29 is 41.0 Å². The highest BCUT2D eigenvalue weighted by Gasteiger charge is 2.51. The number of pyridine rings is 1. The zero-order valence-corrected chi connectivity index (χ0v) is 19.5. The van der Waals surface area contributed by atoms with Crippen molar-refractivity contribution in [3.8, 4) is 11.8 Å². The molecule has 1 fully saturated rings. The molecule has 0 saturated heterocycles. The quantitative estimate of drug-likeness (QED) is 0.369. The largest absolute Gasteiger partial charge is 0.467 e. The molecule has 1 aliphatic rings. The fraction of sp³-hybridized carbons (Fsp3) is 0.261. The van der Waals surface area contributed by atoms with Crippen molar-refractivity contribution in [3.05, 3.63) is 65.7 Å². The molecule has 38 heavy (non-hydrogen) atoms. The van der Waals surface area contributed by atoms with E-state index in [0.717, 1.165) is 24.4 Å². The second-order valence-corrected chi connectivity index (χ2v) is 8.12. The Morgan fingerprint density at radius 3 is 2.37 bits per heavy atom. The molecular weight excluding hydrogens is 519 g/mol. The Bertz CT molecular complexity index is 1350. The zero-order valence-electron chi connectivity index (χ0n) is 19.5. The van der Waals surface area contributed by atoms with Crippen molar-refractivity contribution in [1.82, 2.24) is 25.6 Å². The van der Waals surface area contributed by atoms with Crippen LogP contribution in [0.25, 0.3) is 0 Å². The zero-order chi connectivity index (χ0) is 27.5. The maximum Gasteiger partial charge on any atom is 0.418 e. The Morgan fingerprint density at radius 2 is 1.76 bits per heavy atom. The molecule has 2 aromatic heterocycles. The summed E-state index contributed by atoms with van der Waals surface area (Å²) in [7, 11) is 1.36. The SMILES string of the molecule is COc1ncc(OC(=O)NC2(C(=O)NCc3ncc(Nc4c(F)cccc4C(F)(F)F)cc3F)CC2)cn1. The summed E-state index contributed by atoms with van der Waals surface area (Å²) in [5, 5.41) is 7.10. The van der Waals surface area contributed by atoms with E-state index in [1.54, 1.807) is 0 Å². The van der Waals surface area contributed by atoms with Crippen LogP contribution in [0.1, 0.15) is 24.1 Å². The van der Waals surface area contributed by atoms with Crippen molar-refractivity contribution in [2.24, 2.45) is 0 Å². The molecule has 1 saturated carbocycles. The van der Waals surface area contributed by atoms with Gasteiger partial charge in [0, 0.05) is 6.07 Å². The van der Waals surface area contributed by atoms with Crippen molar-refractivity contribution >= 4 is 23.4 Å². The minimum atomic E-state index is -4.84. The number of anilines is 2. The van der Waals surface area contributed by atoms with E-state index in [9.17, 15) is 31.5 Å². The highest BCUT2D eigenvalue weighted by molar-refractivity contribution is 5.93. The van der Waals surface area contributed by atoms with Crippen LogP contribution in [0.2, 0.25) is 0 Å². The number of nitrogens with one attached hydrogen (secondary N) is 3. The predicted octanol–water partition coefficient (Wildman–Crippen LogP) is 3.86. The number of halogens is 5. The van der Waals surface area contributed by atoms with Crippen LogP contribution in [0.4, 0.5) is 38.1 Å². The third-order valence-corrected chi connectivity index (χ3v) is 5.45. The Morgan fingerprint density at radius 1 is 1.05 bits per heavy atom. The third kappa shape index (κ3) is 6.04. The molecule has 15 heteroatoms. The fourth-order valence-electron chi connectivity index (χ4n) is 3.35. The molecular formula is C23H19F5N6O4. The summed E-state index contributed by atoms with van der Waals surface area (Å²) in [5.74, 6) is -2.75. The average molecular weight is 538 g/mol. The Balaban J connectivity index is 1.35. The van der Waals surface area contributed by atoms with Crippen molar-refractivity contribution in [1.29, 1.82) is 0 Å². The summed E-state index contributed by atoms with van der Waals surface area (Å²) in [4.78, 5) is 36.2. The van der Waals surface area contributed by atoms with Gasteiger partial charge in [0.15, 0.2) is 5.75 Å². The summed E-state index contributed by atoms with van der Waals surface area (Å²) in [5.41, 5.74) is -3.88. The summed E-state index contributed by atoms with van der Waals surface area (Å²) < 4.78 is 78.0. The number of rotatable bonds is 8. The monoisotopic (exact) mass is 538 g/mol. The van der Waals surface area contributed by atoms with Crippen LogP contribution in [0.5, 0.6) is 11.8 Å². The molecule has 10 nitrogen and oxygen atoms in total. The molecule has 2 amide bonds. The Hall–Kier alpha value is -4.56. The second kappa shape index (κ2) is 10.4. The number of aromatic nitrogens is 3. The lowest BCUT2D eigenvalue weighted by Crippen LogP contribution is -2.49. The average Bonchev–Trinajstić information content (AvgIpc) is 3.64. The number of para-hydroxylation sites is 1. The van der Waals surface area contributed by atoms with E-state index >= 15 is 0 Å². The number of carbonyl (C=O) groups excluding carboxylic acids is 2. The van der Waals surface area contributed by atoms with Gasteiger partial charge in [0.05, 0.1) is 54.9 Å². The number of ether oxygens (including phenoxy) is 2. The minimum absolute atomic E-state index is 0.0113. The number of hydrogen-bond acceptors (Lipinski definition) is 8. The molecule has 0 unspecified atom stereocenters. The minimum Gasteiger partial charge on any atom is -0.467 e. The summed E-state index contributed by atoms with van der Waals surface area (Å²) in [6.45, 7) is -0.386. The van der Waals surface area contributed by atoms with E-state index in [1.165, 1.54) is 19.5 Å². The van der Waals surface area contributed by atoms with Gasteiger partial charge in [-0.1, -0.05) is 6.07 Å². The van der Waals surface area contributed by atoms with Crippen LogP contribution in [0, 0.1) is 11.6 Å². The number of amides is 2. The predicted molar refractivity (Wildman–Crippen MR) is 120 cm³/mol. The van der Waals surface area contributed by atoms with Gasteiger partial charge in [-0.25, -0.2) is 13.6 Å².